The summed E-state index contributed by atoms with van der Waals surface area (Å²) in [6, 6.07) is 0. The fourth-order valence-corrected chi connectivity index (χ4v) is 1.83. The molecule has 1 aliphatic heterocycles. The average Bonchev–Trinajstić information content (AvgIpc) is 1.94. The van der Waals surface area contributed by atoms with Crippen molar-refractivity contribution in [2.75, 3.05) is 0 Å². The van der Waals surface area contributed by atoms with E-state index in [1.54, 1.807) is 0 Å². The lowest BCUT2D eigenvalue weighted by Gasteiger charge is -2.33. The van der Waals surface area contributed by atoms with Crippen LogP contribution in [0, 0.1) is 0 Å². The van der Waals surface area contributed by atoms with Crippen LogP contribution >= 0.6 is 12.6 Å². The van der Waals surface area contributed by atoms with Crippen molar-refractivity contribution in [1.29, 1.82) is 0 Å². The van der Waals surface area contributed by atoms with E-state index in [-0.39, 0.29) is 16.6 Å². The maximum absolute atomic E-state index is 9.68. The first-order valence-corrected chi connectivity index (χ1v) is 4.25. The Morgan fingerprint density at radius 1 is 1.36 bits per heavy atom. The highest BCUT2D eigenvalue weighted by atomic mass is 32.1. The molecule has 1 fully saturated rings. The van der Waals surface area contributed by atoms with Gasteiger partial charge in [0.05, 0.1) is 16.6 Å². The average molecular weight is 176 g/mol. The molecule has 1 saturated heterocycles. The summed E-state index contributed by atoms with van der Waals surface area (Å²) in [7, 11) is 0. The minimum atomic E-state index is -0.379. The van der Waals surface area contributed by atoms with Crippen molar-refractivity contribution in [3.63, 3.8) is 0 Å². The number of hydroxylamine groups is 2. The molecular weight excluding hydrogens is 160 g/mol. The summed E-state index contributed by atoms with van der Waals surface area (Å²) < 4.78 is 0. The van der Waals surface area contributed by atoms with Crippen LogP contribution in [-0.2, 0) is 0 Å². The fourth-order valence-electron chi connectivity index (χ4n) is 1.41. The zero-order chi connectivity index (χ0) is 8.86. The molecule has 1 rings (SSSR count). The van der Waals surface area contributed by atoms with E-state index in [9.17, 15) is 5.21 Å². The van der Waals surface area contributed by atoms with Crippen molar-refractivity contribution in [3.8, 4) is 0 Å². The molecule has 0 saturated carbocycles. The minimum Gasteiger partial charge on any atom is -0.312 e. The Balaban J connectivity index is 2.89. The summed E-state index contributed by atoms with van der Waals surface area (Å²) in [5, 5.41) is 14.2. The van der Waals surface area contributed by atoms with Gasteiger partial charge in [0.1, 0.15) is 0 Å². The van der Waals surface area contributed by atoms with Gasteiger partial charge in [0.15, 0.2) is 0 Å². The van der Waals surface area contributed by atoms with Gasteiger partial charge in [0.25, 0.3) is 0 Å². The van der Waals surface area contributed by atoms with Gasteiger partial charge in [-0.25, -0.2) is 0 Å². The van der Waals surface area contributed by atoms with Crippen LogP contribution in [0.5, 0.6) is 0 Å². The lowest BCUT2D eigenvalue weighted by atomic mass is 10.1. The van der Waals surface area contributed by atoms with Crippen molar-refractivity contribution in [1.82, 2.24) is 10.4 Å². The van der Waals surface area contributed by atoms with Gasteiger partial charge in [-0.15, -0.1) is 0 Å². The van der Waals surface area contributed by atoms with Crippen LogP contribution in [0.2, 0.25) is 0 Å². The predicted molar refractivity (Wildman–Crippen MR) is 47.7 cm³/mol. The third-order valence-electron chi connectivity index (χ3n) is 2.23. The smallest absolute Gasteiger partial charge is 0.0909 e. The summed E-state index contributed by atoms with van der Waals surface area (Å²) in [4.78, 5) is 0. The molecule has 0 aromatic carbocycles. The molecule has 0 spiro atoms. The largest absolute Gasteiger partial charge is 0.312 e. The van der Waals surface area contributed by atoms with Crippen molar-refractivity contribution in [2.45, 2.75) is 44.3 Å². The minimum absolute atomic E-state index is 0.00231. The van der Waals surface area contributed by atoms with Gasteiger partial charge in [-0.1, -0.05) is 0 Å². The summed E-state index contributed by atoms with van der Waals surface area (Å²) in [5.41, 5.74) is -0.692. The van der Waals surface area contributed by atoms with Crippen LogP contribution in [0.3, 0.4) is 0 Å². The quantitative estimate of drug-likeness (QED) is 0.483. The molecule has 1 aliphatic rings. The molecule has 1 heterocycles. The van der Waals surface area contributed by atoms with Gasteiger partial charge >= 0.3 is 0 Å². The normalized spacial score (nSPS) is 36.0. The van der Waals surface area contributed by atoms with Gasteiger partial charge in [0.2, 0.25) is 0 Å². The van der Waals surface area contributed by atoms with Crippen LogP contribution < -0.4 is 5.32 Å². The molecule has 0 aliphatic carbocycles. The predicted octanol–water partition coefficient (Wildman–Crippen LogP) is 1.05. The van der Waals surface area contributed by atoms with Crippen molar-refractivity contribution in [2.24, 2.45) is 0 Å². The fraction of sp³-hybridized carbons (Fsp3) is 1.00. The topological polar surface area (TPSA) is 35.5 Å². The van der Waals surface area contributed by atoms with E-state index in [0.717, 1.165) is 0 Å². The zero-order valence-corrected chi connectivity index (χ0v) is 8.31. The molecule has 11 heavy (non-hydrogen) atoms. The van der Waals surface area contributed by atoms with Gasteiger partial charge in [-0.2, -0.15) is 17.7 Å². The van der Waals surface area contributed by atoms with E-state index >= 15 is 0 Å². The number of nitrogens with zero attached hydrogens (tertiary/aromatic N) is 1. The van der Waals surface area contributed by atoms with Gasteiger partial charge < -0.3 is 5.21 Å². The van der Waals surface area contributed by atoms with E-state index in [2.05, 4.69) is 17.9 Å². The van der Waals surface area contributed by atoms with Gasteiger partial charge in [-0.05, 0) is 27.7 Å². The summed E-state index contributed by atoms with van der Waals surface area (Å²) in [6.07, 6.45) is 0. The first-order chi connectivity index (χ1) is 4.78. The van der Waals surface area contributed by atoms with Crippen molar-refractivity contribution < 1.29 is 5.21 Å². The molecule has 0 radical (unpaired) electrons. The number of hydrogen-bond acceptors (Lipinski definition) is 4. The van der Waals surface area contributed by atoms with Crippen molar-refractivity contribution >= 4 is 12.6 Å². The Kier molecular flexibility index (Phi) is 2.00. The van der Waals surface area contributed by atoms with E-state index in [0.29, 0.717) is 0 Å². The standard InChI is InChI=1S/C7H16N2OS/c1-6(2)5(11)8-7(3,4)9(6)10/h5,8,10-11H,1-4H3/t5-/m0/s1. The highest BCUT2D eigenvalue weighted by molar-refractivity contribution is 7.81. The maximum atomic E-state index is 9.68. The van der Waals surface area contributed by atoms with E-state index in [4.69, 9.17) is 0 Å². The van der Waals surface area contributed by atoms with Crippen LogP contribution in [-0.4, -0.2) is 26.8 Å². The Labute approximate surface area is 73.1 Å². The molecule has 2 N–H and O–H groups in total. The molecule has 3 nitrogen and oxygen atoms in total. The molecule has 1 atom stereocenters. The molecule has 4 heteroatoms. The third kappa shape index (κ3) is 1.28. The second kappa shape index (κ2) is 2.36. The summed E-state index contributed by atoms with van der Waals surface area (Å²) in [5.74, 6) is 0. The van der Waals surface area contributed by atoms with Crippen LogP contribution in [0.25, 0.3) is 0 Å². The molecule has 0 aromatic rings. The Bertz CT molecular complexity index is 170. The first kappa shape index (κ1) is 9.32. The van der Waals surface area contributed by atoms with Gasteiger partial charge in [-0.3, -0.25) is 5.32 Å². The lowest BCUT2D eigenvalue weighted by Crippen LogP contribution is -2.49. The lowest BCUT2D eigenvalue weighted by molar-refractivity contribution is -0.194. The van der Waals surface area contributed by atoms with Gasteiger partial charge in [0, 0.05) is 0 Å². The Hall–Kier alpha value is 0.230. The van der Waals surface area contributed by atoms with E-state index in [1.807, 2.05) is 27.7 Å². The summed E-state index contributed by atoms with van der Waals surface area (Å²) in [6.45, 7) is 7.74. The van der Waals surface area contributed by atoms with E-state index < -0.39 is 0 Å². The van der Waals surface area contributed by atoms with Crippen LogP contribution in [0.4, 0.5) is 0 Å². The highest BCUT2D eigenvalue weighted by Crippen LogP contribution is 2.33. The second-order valence-electron chi connectivity index (χ2n) is 4.07. The molecule has 0 aromatic heterocycles. The maximum Gasteiger partial charge on any atom is 0.0909 e. The Morgan fingerprint density at radius 2 is 1.82 bits per heavy atom. The number of thiol groups is 1. The molecule has 0 bridgehead atoms. The van der Waals surface area contributed by atoms with Crippen molar-refractivity contribution in [3.05, 3.63) is 0 Å². The van der Waals surface area contributed by atoms with E-state index in [1.165, 1.54) is 5.06 Å². The monoisotopic (exact) mass is 176 g/mol. The number of nitrogens with one attached hydrogen (secondary N) is 1. The van der Waals surface area contributed by atoms with Crippen LogP contribution in [0.15, 0.2) is 0 Å². The molecule has 0 unspecified atom stereocenters. The molecular formula is C7H16N2OS. The molecule has 66 valence electrons. The zero-order valence-electron chi connectivity index (χ0n) is 7.42. The number of rotatable bonds is 0. The molecule has 0 amide bonds. The second-order valence-corrected chi connectivity index (χ2v) is 4.59. The first-order valence-electron chi connectivity index (χ1n) is 3.73. The van der Waals surface area contributed by atoms with Crippen LogP contribution in [0.1, 0.15) is 27.7 Å². The highest BCUT2D eigenvalue weighted by Gasteiger charge is 2.49. The Morgan fingerprint density at radius 3 is 1.91 bits per heavy atom. The third-order valence-corrected chi connectivity index (χ3v) is 3.00. The number of hydrogen-bond donors (Lipinski definition) is 3. The summed E-state index contributed by atoms with van der Waals surface area (Å²) >= 11 is 4.33. The SMILES string of the molecule is CC1(C)N[C@@H](S)C(C)(C)N1O.